The Bertz CT molecular complexity index is 1200. The maximum atomic E-state index is 12.7. The molecule has 2 rings (SSSR count). The highest BCUT2D eigenvalue weighted by molar-refractivity contribution is 5.95. The Kier molecular flexibility index (Phi) is 11.1. The van der Waals surface area contributed by atoms with Gasteiger partial charge < -0.3 is 30.5 Å². The van der Waals surface area contributed by atoms with Crippen molar-refractivity contribution in [3.8, 4) is 0 Å². The maximum Gasteiger partial charge on any atom is 0.341 e. The zero-order valence-electron chi connectivity index (χ0n) is 21.0. The molecule has 4 N–H and O–H groups in total. The van der Waals surface area contributed by atoms with Crippen LogP contribution in [0.5, 0.6) is 0 Å². The predicted molar refractivity (Wildman–Crippen MR) is 133 cm³/mol. The van der Waals surface area contributed by atoms with Crippen molar-refractivity contribution >= 4 is 23.8 Å². The molecule has 2 heterocycles. The van der Waals surface area contributed by atoms with Crippen molar-refractivity contribution in [2.75, 3.05) is 26.3 Å². The molecule has 0 aliphatic rings. The molecule has 0 aromatic carbocycles. The van der Waals surface area contributed by atoms with Gasteiger partial charge >= 0.3 is 11.9 Å². The van der Waals surface area contributed by atoms with E-state index in [1.165, 1.54) is 0 Å². The van der Waals surface area contributed by atoms with Crippen LogP contribution in [-0.2, 0) is 0 Å². The lowest BCUT2D eigenvalue weighted by Crippen LogP contribution is -2.42. The van der Waals surface area contributed by atoms with Gasteiger partial charge in [0.1, 0.15) is 35.7 Å². The van der Waals surface area contributed by atoms with E-state index in [1.807, 2.05) is 13.8 Å². The van der Waals surface area contributed by atoms with Crippen molar-refractivity contribution in [1.29, 1.82) is 0 Å². The molecule has 0 saturated carbocycles. The van der Waals surface area contributed by atoms with Crippen LogP contribution < -0.4 is 31.4 Å². The van der Waals surface area contributed by atoms with E-state index in [-0.39, 0.29) is 37.7 Å². The minimum atomic E-state index is -1.47. The van der Waals surface area contributed by atoms with Crippen LogP contribution in [0.25, 0.3) is 0 Å². The number of rotatable bonds is 15. The maximum absolute atomic E-state index is 12.7. The molecule has 0 bridgehead atoms. The van der Waals surface area contributed by atoms with E-state index in [4.69, 9.17) is 9.68 Å². The lowest BCUT2D eigenvalue weighted by molar-refractivity contribution is 0.0649. The summed E-state index contributed by atoms with van der Waals surface area (Å²) in [5, 5.41) is 23.3. The Hall–Kier alpha value is -4.62. The summed E-state index contributed by atoms with van der Waals surface area (Å²) in [6.45, 7) is 3.72. The van der Waals surface area contributed by atoms with Crippen molar-refractivity contribution in [2.24, 2.45) is 0 Å². The average molecular weight is 535 g/mol. The highest BCUT2D eigenvalue weighted by atomic mass is 16.7. The van der Waals surface area contributed by atoms with Crippen LogP contribution in [0.15, 0.2) is 33.9 Å². The summed E-state index contributed by atoms with van der Waals surface area (Å²) in [6.07, 6.45) is 2.62. The van der Waals surface area contributed by atoms with E-state index in [1.54, 1.807) is 0 Å². The summed E-state index contributed by atoms with van der Waals surface area (Å²) in [5.74, 6) is -4.44. The summed E-state index contributed by atoms with van der Waals surface area (Å²) < 4.78 is 1.26. The number of carbonyl (C=O) groups excluding carboxylic acids is 2. The summed E-state index contributed by atoms with van der Waals surface area (Å²) >= 11 is 0. The molecule has 0 atom stereocenters. The number of hydrogen-bond donors (Lipinski definition) is 4. The molecule has 0 radical (unpaired) electrons. The third kappa shape index (κ3) is 7.44. The van der Waals surface area contributed by atoms with Crippen LogP contribution in [0.2, 0.25) is 0 Å². The number of carboxylic acids is 2. The van der Waals surface area contributed by atoms with Crippen LogP contribution in [0.4, 0.5) is 0 Å². The number of aromatic nitrogens is 2. The van der Waals surface area contributed by atoms with E-state index in [2.05, 4.69) is 10.6 Å². The molecule has 0 spiro atoms. The fourth-order valence-electron chi connectivity index (χ4n) is 3.09. The highest BCUT2D eigenvalue weighted by Crippen LogP contribution is 2.02. The molecule has 2 aromatic heterocycles. The lowest BCUT2D eigenvalue weighted by Gasteiger charge is -2.15. The van der Waals surface area contributed by atoms with E-state index >= 15 is 0 Å². The van der Waals surface area contributed by atoms with Crippen LogP contribution in [-0.4, -0.2) is 69.7 Å². The number of unbranched alkanes of at least 4 members (excludes halogenated alkanes) is 2. The van der Waals surface area contributed by atoms with Crippen molar-refractivity contribution in [1.82, 2.24) is 20.1 Å². The van der Waals surface area contributed by atoms with Crippen molar-refractivity contribution in [3.63, 3.8) is 0 Å². The molecular weight excluding hydrogens is 504 g/mol. The first-order valence-corrected chi connectivity index (χ1v) is 12.0. The minimum Gasteiger partial charge on any atom is -0.477 e. The summed E-state index contributed by atoms with van der Waals surface area (Å²) in [5.41, 5.74) is -3.59. The molecule has 38 heavy (non-hydrogen) atoms. The van der Waals surface area contributed by atoms with Crippen LogP contribution >= 0.6 is 0 Å². The fraction of sp³-hybridized carbons (Fsp3) is 0.417. The number of hydrogen-bond acceptors (Lipinski definition) is 8. The predicted octanol–water partition coefficient (Wildman–Crippen LogP) is 0.0236. The number of pyridine rings is 2. The number of nitrogens with zero attached hydrogens (tertiary/aromatic N) is 2. The van der Waals surface area contributed by atoms with Gasteiger partial charge in [-0.3, -0.25) is 19.2 Å². The SMILES string of the molecule is CCCCOn1c(C(=O)NCCNC(=O)c2ccc(C(=O)O)c(=O)n2OCCCC)ccc(C(=O)O)c1=O. The van der Waals surface area contributed by atoms with Crippen LogP contribution in [0, 0.1) is 0 Å². The Morgan fingerprint density at radius 1 is 0.711 bits per heavy atom. The van der Waals surface area contributed by atoms with Gasteiger partial charge in [0.25, 0.3) is 22.9 Å². The molecular formula is C24H30N4O10. The van der Waals surface area contributed by atoms with Gasteiger partial charge in [0.05, 0.1) is 0 Å². The number of aromatic carboxylic acids is 2. The Balaban J connectivity index is 2.11. The summed E-state index contributed by atoms with van der Waals surface area (Å²) in [6, 6.07) is 4.28. The highest BCUT2D eigenvalue weighted by Gasteiger charge is 2.21. The van der Waals surface area contributed by atoms with Crippen LogP contribution in [0.3, 0.4) is 0 Å². The van der Waals surface area contributed by atoms with Gasteiger partial charge in [-0.15, -0.1) is 9.46 Å². The first-order valence-electron chi connectivity index (χ1n) is 12.0. The molecule has 0 aliphatic carbocycles. The topological polar surface area (TPSA) is 195 Å². The summed E-state index contributed by atoms with van der Waals surface area (Å²) in [7, 11) is 0. The molecule has 0 unspecified atom stereocenters. The Morgan fingerprint density at radius 2 is 1.08 bits per heavy atom. The molecule has 206 valence electrons. The van der Waals surface area contributed by atoms with Gasteiger partial charge in [-0.1, -0.05) is 26.7 Å². The van der Waals surface area contributed by atoms with E-state index in [9.17, 15) is 39.0 Å². The third-order valence-corrected chi connectivity index (χ3v) is 5.14. The third-order valence-electron chi connectivity index (χ3n) is 5.14. The standard InChI is InChI=1S/C24H30N4O10/c1-3-5-13-37-27-17(9-7-15(21(27)31)23(33)34)19(29)25-11-12-26-20(30)18-10-8-16(24(35)36)22(32)28(18)38-14-6-4-2/h7-10H,3-6,11-14H2,1-2H3,(H,25,29)(H,26,30)(H,33,34)(H,35,36). The van der Waals surface area contributed by atoms with E-state index in [0.717, 1.165) is 37.1 Å². The van der Waals surface area contributed by atoms with Gasteiger partial charge in [0, 0.05) is 13.1 Å². The minimum absolute atomic E-state index is 0.0819. The van der Waals surface area contributed by atoms with Gasteiger partial charge in [0.15, 0.2) is 0 Å². The normalized spacial score (nSPS) is 10.5. The molecule has 2 aromatic rings. The van der Waals surface area contributed by atoms with Gasteiger partial charge in [0.2, 0.25) is 0 Å². The number of carboxylic acid groups (broad SMARTS) is 2. The van der Waals surface area contributed by atoms with Gasteiger partial charge in [-0.25, -0.2) is 9.59 Å². The van der Waals surface area contributed by atoms with Gasteiger partial charge in [-0.05, 0) is 37.1 Å². The van der Waals surface area contributed by atoms with Crippen molar-refractivity contribution in [3.05, 3.63) is 67.5 Å². The monoisotopic (exact) mass is 534 g/mol. The molecule has 0 aliphatic heterocycles. The first kappa shape index (κ1) is 29.6. The number of nitrogens with one attached hydrogen (secondary N) is 2. The second kappa shape index (κ2) is 14.2. The molecule has 0 saturated heterocycles. The van der Waals surface area contributed by atoms with E-state index < -0.39 is 46.0 Å². The zero-order chi connectivity index (χ0) is 28.2. The van der Waals surface area contributed by atoms with E-state index in [0.29, 0.717) is 22.3 Å². The zero-order valence-corrected chi connectivity index (χ0v) is 21.0. The number of amides is 2. The number of carbonyl (C=O) groups is 4. The Morgan fingerprint density at radius 3 is 1.39 bits per heavy atom. The second-order valence-corrected chi connectivity index (χ2v) is 7.96. The molecule has 2 amide bonds. The first-order chi connectivity index (χ1) is 18.1. The second-order valence-electron chi connectivity index (χ2n) is 7.96. The smallest absolute Gasteiger partial charge is 0.341 e. The largest absolute Gasteiger partial charge is 0.477 e. The van der Waals surface area contributed by atoms with Gasteiger partial charge in [-0.2, -0.15) is 0 Å². The lowest BCUT2D eigenvalue weighted by atomic mass is 10.2. The summed E-state index contributed by atoms with van der Waals surface area (Å²) in [4.78, 5) is 83.5. The fourth-order valence-corrected chi connectivity index (χ4v) is 3.09. The molecule has 0 fully saturated rings. The van der Waals surface area contributed by atoms with Crippen LogP contribution in [0.1, 0.15) is 81.2 Å². The quantitative estimate of drug-likeness (QED) is 0.226. The molecule has 14 heteroatoms. The average Bonchev–Trinajstić information content (AvgIpc) is 2.87. The molecule has 14 nitrogen and oxygen atoms in total. The van der Waals surface area contributed by atoms with Crippen molar-refractivity contribution < 1.29 is 39.1 Å². The Labute approximate surface area is 216 Å². The van der Waals surface area contributed by atoms with Crippen molar-refractivity contribution in [2.45, 2.75) is 39.5 Å².